The Labute approximate surface area is 190 Å². The van der Waals surface area contributed by atoms with Gasteiger partial charge >= 0.3 is 0 Å². The van der Waals surface area contributed by atoms with E-state index >= 15 is 0 Å². The number of sulfonamides is 1. The van der Waals surface area contributed by atoms with Crippen molar-refractivity contribution >= 4 is 50.3 Å². The molecule has 1 aromatic heterocycles. The molecule has 0 fully saturated rings. The van der Waals surface area contributed by atoms with Gasteiger partial charge < -0.3 is 16.0 Å². The molecule has 0 aliphatic rings. The van der Waals surface area contributed by atoms with Crippen LogP contribution in [0.5, 0.6) is 0 Å². The maximum absolute atomic E-state index is 12.7. The molecule has 0 spiro atoms. The van der Waals surface area contributed by atoms with Crippen LogP contribution in [-0.2, 0) is 21.4 Å². The highest BCUT2D eigenvalue weighted by Gasteiger charge is 2.20. The van der Waals surface area contributed by atoms with Crippen LogP contribution in [-0.4, -0.2) is 60.5 Å². The zero-order valence-corrected chi connectivity index (χ0v) is 19.5. The Morgan fingerprint density at radius 3 is 2.44 bits per heavy atom. The maximum atomic E-state index is 12.7. The number of hydrogen-bond acceptors (Lipinski definition) is 8. The molecule has 10 nitrogen and oxygen atoms in total. The second-order valence-electron chi connectivity index (χ2n) is 7.21. The summed E-state index contributed by atoms with van der Waals surface area (Å²) in [7, 11) is -0.896. The van der Waals surface area contributed by atoms with Crippen LogP contribution in [0.2, 0.25) is 0 Å². The van der Waals surface area contributed by atoms with Gasteiger partial charge in [-0.15, -0.1) is 0 Å². The summed E-state index contributed by atoms with van der Waals surface area (Å²) in [6, 6.07) is 10.1. The van der Waals surface area contributed by atoms with Crippen molar-refractivity contribution in [3.63, 3.8) is 0 Å². The summed E-state index contributed by atoms with van der Waals surface area (Å²) in [5, 5.41) is 8.44. The molecule has 0 unspecified atom stereocenters. The lowest BCUT2D eigenvalue weighted by Crippen LogP contribution is -2.33. The largest absolute Gasteiger partial charge is 0.381 e. The van der Waals surface area contributed by atoms with Gasteiger partial charge in [0, 0.05) is 51.9 Å². The average Bonchev–Trinajstić information content (AvgIpc) is 3.22. The Morgan fingerprint density at radius 2 is 1.72 bits per heavy atom. The zero-order valence-electron chi connectivity index (χ0n) is 17.9. The van der Waals surface area contributed by atoms with E-state index in [9.17, 15) is 18.0 Å². The van der Waals surface area contributed by atoms with Gasteiger partial charge in [-0.2, -0.15) is 8.75 Å². The Hall–Kier alpha value is -3.09. The van der Waals surface area contributed by atoms with Gasteiger partial charge in [0.25, 0.3) is 5.91 Å². The first-order valence-electron chi connectivity index (χ1n) is 9.72. The minimum absolute atomic E-state index is 0.00124. The van der Waals surface area contributed by atoms with Crippen molar-refractivity contribution in [2.24, 2.45) is 0 Å². The third kappa shape index (κ3) is 5.78. The number of nitrogens with one attached hydrogen (secondary N) is 3. The first kappa shape index (κ1) is 23.6. The summed E-state index contributed by atoms with van der Waals surface area (Å²) in [6.07, 6.45) is 0. The predicted molar refractivity (Wildman–Crippen MR) is 123 cm³/mol. The van der Waals surface area contributed by atoms with E-state index in [1.807, 2.05) is 18.2 Å². The number of hydrogen-bond donors (Lipinski definition) is 3. The lowest BCUT2D eigenvalue weighted by molar-refractivity contribution is -0.118. The summed E-state index contributed by atoms with van der Waals surface area (Å²) >= 11 is 1.14. The van der Waals surface area contributed by atoms with E-state index < -0.39 is 15.9 Å². The van der Waals surface area contributed by atoms with Crippen LogP contribution in [0.1, 0.15) is 22.8 Å². The highest BCUT2D eigenvalue weighted by Crippen LogP contribution is 2.22. The number of rotatable bonds is 9. The first-order valence-corrected chi connectivity index (χ1v) is 11.9. The molecule has 0 radical (unpaired) electrons. The van der Waals surface area contributed by atoms with E-state index in [1.165, 1.54) is 33.2 Å². The van der Waals surface area contributed by atoms with Gasteiger partial charge in [-0.1, -0.05) is 6.07 Å². The Balaban J connectivity index is 1.82. The molecule has 0 bridgehead atoms. The van der Waals surface area contributed by atoms with Crippen LogP contribution in [0, 0.1) is 0 Å². The smallest absolute Gasteiger partial charge is 0.251 e. The number of carbonyl (C=O) groups excluding carboxylic acids is 2. The molecule has 0 saturated carbocycles. The van der Waals surface area contributed by atoms with Crippen molar-refractivity contribution in [1.82, 2.24) is 23.7 Å². The van der Waals surface area contributed by atoms with Crippen LogP contribution in [0.25, 0.3) is 11.0 Å². The molecule has 2 aromatic carbocycles. The Kier molecular flexibility index (Phi) is 7.38. The van der Waals surface area contributed by atoms with Crippen molar-refractivity contribution in [3.8, 4) is 0 Å². The fourth-order valence-electron chi connectivity index (χ4n) is 2.85. The molecule has 3 aromatic rings. The van der Waals surface area contributed by atoms with Gasteiger partial charge in [0.15, 0.2) is 0 Å². The van der Waals surface area contributed by atoms with E-state index in [1.54, 1.807) is 6.07 Å². The van der Waals surface area contributed by atoms with E-state index in [0.29, 0.717) is 12.2 Å². The quantitative estimate of drug-likeness (QED) is 0.398. The second kappa shape index (κ2) is 10.0. The average molecular weight is 477 g/mol. The number of nitrogens with zero attached hydrogens (tertiary/aromatic N) is 3. The first-order chi connectivity index (χ1) is 15.2. The molecule has 0 aliphatic carbocycles. The van der Waals surface area contributed by atoms with E-state index in [4.69, 9.17) is 0 Å². The molecule has 1 heterocycles. The van der Waals surface area contributed by atoms with Crippen molar-refractivity contribution in [1.29, 1.82) is 0 Å². The number of fused-ring (bicyclic) bond motifs is 1. The molecule has 3 rings (SSSR count). The minimum Gasteiger partial charge on any atom is -0.381 e. The van der Waals surface area contributed by atoms with E-state index in [-0.39, 0.29) is 29.5 Å². The summed E-state index contributed by atoms with van der Waals surface area (Å²) < 4.78 is 34.9. The Bertz CT molecular complexity index is 1240. The molecule has 0 saturated heterocycles. The van der Waals surface area contributed by atoms with E-state index in [2.05, 4.69) is 24.7 Å². The fraction of sp³-hybridized carbons (Fsp3) is 0.300. The highest BCUT2D eigenvalue weighted by molar-refractivity contribution is 7.89. The van der Waals surface area contributed by atoms with Gasteiger partial charge in [0.2, 0.25) is 15.9 Å². The summed E-state index contributed by atoms with van der Waals surface area (Å²) in [5.41, 5.74) is 3.22. The molecule has 0 atom stereocenters. The topological polar surface area (TPSA) is 133 Å². The standard InChI is InChI=1S/C20H24N6O4S2/c1-13(27)21-6-7-22-20(28)15-9-16(11-17(10-15)32(29,30)26(2)3)23-12-14-4-5-18-19(8-14)25-31-24-18/h4-5,8-11,23H,6-7,12H2,1-3H3,(H,21,27)(H,22,28). The molecular weight excluding hydrogens is 452 g/mol. The molecule has 2 amide bonds. The molecule has 32 heavy (non-hydrogen) atoms. The number of anilines is 1. The van der Waals surface area contributed by atoms with Crippen LogP contribution < -0.4 is 16.0 Å². The second-order valence-corrected chi connectivity index (χ2v) is 9.89. The van der Waals surface area contributed by atoms with Crippen LogP contribution in [0.4, 0.5) is 5.69 Å². The molecule has 3 N–H and O–H groups in total. The molecule has 170 valence electrons. The lowest BCUT2D eigenvalue weighted by Gasteiger charge is -2.15. The fourth-order valence-corrected chi connectivity index (χ4v) is 4.34. The van der Waals surface area contributed by atoms with E-state index in [0.717, 1.165) is 32.6 Å². The van der Waals surface area contributed by atoms with Crippen molar-refractivity contribution in [2.75, 3.05) is 32.5 Å². The van der Waals surface area contributed by atoms with Gasteiger partial charge in [0.1, 0.15) is 11.0 Å². The number of aromatic nitrogens is 2. The lowest BCUT2D eigenvalue weighted by atomic mass is 10.1. The summed E-state index contributed by atoms with van der Waals surface area (Å²) in [4.78, 5) is 23.6. The van der Waals surface area contributed by atoms with Crippen LogP contribution in [0.3, 0.4) is 0 Å². The SMILES string of the molecule is CC(=O)NCCNC(=O)c1cc(NCc2ccc3nsnc3c2)cc(S(=O)(=O)N(C)C)c1. The predicted octanol–water partition coefficient (Wildman–Crippen LogP) is 1.42. The van der Waals surface area contributed by atoms with Gasteiger partial charge in [-0.3, -0.25) is 9.59 Å². The van der Waals surface area contributed by atoms with Crippen LogP contribution in [0.15, 0.2) is 41.3 Å². The zero-order chi connectivity index (χ0) is 23.3. The van der Waals surface area contributed by atoms with Crippen molar-refractivity contribution in [2.45, 2.75) is 18.4 Å². The van der Waals surface area contributed by atoms with Gasteiger partial charge in [-0.25, -0.2) is 12.7 Å². The third-order valence-electron chi connectivity index (χ3n) is 4.55. The van der Waals surface area contributed by atoms with Gasteiger partial charge in [-0.05, 0) is 35.9 Å². The van der Waals surface area contributed by atoms with Crippen molar-refractivity contribution < 1.29 is 18.0 Å². The Morgan fingerprint density at radius 1 is 1.00 bits per heavy atom. The molecule has 0 aliphatic heterocycles. The number of benzene rings is 2. The highest BCUT2D eigenvalue weighted by atomic mass is 32.2. The molecular formula is C20H24N6O4S2. The third-order valence-corrected chi connectivity index (χ3v) is 6.90. The summed E-state index contributed by atoms with van der Waals surface area (Å²) in [5.74, 6) is -0.638. The number of carbonyl (C=O) groups is 2. The minimum atomic E-state index is -3.76. The number of amides is 2. The molecule has 12 heteroatoms. The van der Waals surface area contributed by atoms with Crippen molar-refractivity contribution in [3.05, 3.63) is 47.5 Å². The van der Waals surface area contributed by atoms with Crippen LogP contribution >= 0.6 is 11.7 Å². The maximum Gasteiger partial charge on any atom is 0.251 e. The monoisotopic (exact) mass is 476 g/mol. The van der Waals surface area contributed by atoms with Gasteiger partial charge in [0.05, 0.1) is 16.6 Å². The summed E-state index contributed by atoms with van der Waals surface area (Å²) in [6.45, 7) is 2.28. The normalized spacial score (nSPS) is 11.5.